The van der Waals surface area contributed by atoms with Crippen molar-refractivity contribution in [2.45, 2.75) is 39.2 Å². The van der Waals surface area contributed by atoms with E-state index >= 15 is 0 Å². The Hall–Kier alpha value is -1.92. The van der Waals surface area contributed by atoms with Crippen LogP contribution < -0.4 is 10.6 Å². The van der Waals surface area contributed by atoms with Crippen LogP contribution in [0.3, 0.4) is 0 Å². The molecule has 1 aromatic carbocycles. The molecule has 3 rings (SSSR count). The zero-order valence-electron chi connectivity index (χ0n) is 16.6. The van der Waals surface area contributed by atoms with Crippen LogP contribution in [0.5, 0.6) is 0 Å². The van der Waals surface area contributed by atoms with Crippen LogP contribution in [0.4, 0.5) is 5.69 Å². The molecule has 6 heteroatoms. The van der Waals surface area contributed by atoms with Gasteiger partial charge in [-0.25, -0.2) is 0 Å². The average Bonchev–Trinajstić information content (AvgIpc) is 2.67. The van der Waals surface area contributed by atoms with Crippen LogP contribution in [0, 0.1) is 5.92 Å². The number of fused-ring (bicyclic) bond motifs is 1. The van der Waals surface area contributed by atoms with Gasteiger partial charge >= 0.3 is 0 Å². The number of nitrogens with two attached hydrogens (primary N) is 1. The lowest BCUT2D eigenvalue weighted by Crippen LogP contribution is -2.55. The minimum Gasteiger partial charge on any atom is -0.339 e. The normalized spacial score (nSPS) is 19.1. The van der Waals surface area contributed by atoms with Gasteiger partial charge in [0.2, 0.25) is 11.8 Å². The van der Waals surface area contributed by atoms with Crippen molar-refractivity contribution in [3.63, 3.8) is 0 Å². The standard InChI is InChI=1S/C21H32N4O2/c1-16(2)14-18(22)21(27)24-12-10-23(11-13-24)15-20(26)25-9-5-7-17-6-3-4-8-19(17)25/h3-4,6,8,16,18H,5,7,9-15,22H2,1-2H3/t18-/m0/s1. The van der Waals surface area contributed by atoms with E-state index in [9.17, 15) is 9.59 Å². The molecular formula is C21H32N4O2. The topological polar surface area (TPSA) is 69.9 Å². The smallest absolute Gasteiger partial charge is 0.241 e. The lowest BCUT2D eigenvalue weighted by Gasteiger charge is -2.37. The maximum Gasteiger partial charge on any atom is 0.241 e. The van der Waals surface area contributed by atoms with E-state index in [-0.39, 0.29) is 11.8 Å². The Kier molecular flexibility index (Phi) is 6.50. The minimum absolute atomic E-state index is 0.0413. The summed E-state index contributed by atoms with van der Waals surface area (Å²) >= 11 is 0. The van der Waals surface area contributed by atoms with Crippen LogP contribution in [-0.4, -0.2) is 66.9 Å². The van der Waals surface area contributed by atoms with Crippen LogP contribution >= 0.6 is 0 Å². The van der Waals surface area contributed by atoms with E-state index in [0.717, 1.165) is 38.2 Å². The Morgan fingerprint density at radius 3 is 2.48 bits per heavy atom. The van der Waals surface area contributed by atoms with Gasteiger partial charge in [0.05, 0.1) is 12.6 Å². The summed E-state index contributed by atoms with van der Waals surface area (Å²) in [5.41, 5.74) is 8.36. The molecule has 2 heterocycles. The molecule has 0 spiro atoms. The maximum absolute atomic E-state index is 12.9. The zero-order valence-corrected chi connectivity index (χ0v) is 16.6. The van der Waals surface area contributed by atoms with Crippen molar-refractivity contribution in [3.05, 3.63) is 29.8 Å². The van der Waals surface area contributed by atoms with Gasteiger partial charge in [0.25, 0.3) is 0 Å². The zero-order chi connectivity index (χ0) is 19.4. The second-order valence-corrected chi connectivity index (χ2v) is 8.12. The molecule has 1 aromatic rings. The number of hydrogen-bond acceptors (Lipinski definition) is 4. The van der Waals surface area contributed by atoms with Crippen molar-refractivity contribution in [3.8, 4) is 0 Å². The first kappa shape index (κ1) is 19.8. The van der Waals surface area contributed by atoms with Crippen molar-refractivity contribution >= 4 is 17.5 Å². The van der Waals surface area contributed by atoms with Gasteiger partial charge in [-0.15, -0.1) is 0 Å². The first-order chi connectivity index (χ1) is 13.0. The predicted octanol–water partition coefficient (Wildman–Crippen LogP) is 1.48. The molecule has 0 unspecified atom stereocenters. The van der Waals surface area contributed by atoms with Crippen LogP contribution in [0.2, 0.25) is 0 Å². The summed E-state index contributed by atoms with van der Waals surface area (Å²) in [7, 11) is 0. The highest BCUT2D eigenvalue weighted by atomic mass is 16.2. The van der Waals surface area contributed by atoms with Crippen LogP contribution in [-0.2, 0) is 16.0 Å². The third-order valence-corrected chi connectivity index (χ3v) is 5.50. The van der Waals surface area contributed by atoms with Crippen LogP contribution in [0.25, 0.3) is 0 Å². The van der Waals surface area contributed by atoms with Gasteiger partial charge in [0.15, 0.2) is 0 Å². The van der Waals surface area contributed by atoms with Crippen molar-refractivity contribution in [1.29, 1.82) is 0 Å². The summed E-state index contributed by atoms with van der Waals surface area (Å²) < 4.78 is 0. The number of benzene rings is 1. The number of anilines is 1. The fourth-order valence-electron chi connectivity index (χ4n) is 4.04. The SMILES string of the molecule is CC(C)C[C@H](N)C(=O)N1CCN(CC(=O)N2CCCc3ccccc32)CC1. The molecule has 0 saturated carbocycles. The monoisotopic (exact) mass is 372 g/mol. The number of carbonyl (C=O) groups excluding carboxylic acids is 2. The average molecular weight is 373 g/mol. The Morgan fingerprint density at radius 1 is 1.07 bits per heavy atom. The molecule has 0 aliphatic carbocycles. The molecule has 148 valence electrons. The molecule has 2 aliphatic heterocycles. The number of piperazine rings is 1. The third-order valence-electron chi connectivity index (χ3n) is 5.50. The fourth-order valence-corrected chi connectivity index (χ4v) is 4.04. The summed E-state index contributed by atoms with van der Waals surface area (Å²) in [6.45, 7) is 8.10. The third kappa shape index (κ3) is 4.87. The summed E-state index contributed by atoms with van der Waals surface area (Å²) in [6.07, 6.45) is 2.77. The summed E-state index contributed by atoms with van der Waals surface area (Å²) in [6, 6.07) is 7.77. The summed E-state index contributed by atoms with van der Waals surface area (Å²) in [5.74, 6) is 0.605. The second-order valence-electron chi connectivity index (χ2n) is 8.12. The highest BCUT2D eigenvalue weighted by molar-refractivity contribution is 5.96. The second kappa shape index (κ2) is 8.85. The molecule has 6 nitrogen and oxygen atoms in total. The van der Waals surface area contributed by atoms with E-state index in [1.165, 1.54) is 5.56 Å². The van der Waals surface area contributed by atoms with Gasteiger partial charge in [-0.05, 0) is 36.8 Å². The van der Waals surface area contributed by atoms with Gasteiger partial charge in [0, 0.05) is 38.4 Å². The quantitative estimate of drug-likeness (QED) is 0.850. The number of amides is 2. The first-order valence-corrected chi connectivity index (χ1v) is 10.1. The fraction of sp³-hybridized carbons (Fsp3) is 0.619. The molecule has 1 saturated heterocycles. The lowest BCUT2D eigenvalue weighted by atomic mass is 10.0. The molecule has 1 atom stereocenters. The van der Waals surface area contributed by atoms with Crippen molar-refractivity contribution in [2.24, 2.45) is 11.7 Å². The number of hydrogen-bond donors (Lipinski definition) is 1. The Bertz CT molecular complexity index is 668. The van der Waals surface area contributed by atoms with Crippen LogP contribution in [0.1, 0.15) is 32.3 Å². The van der Waals surface area contributed by atoms with E-state index in [1.807, 2.05) is 28.0 Å². The molecule has 2 N–H and O–H groups in total. The Labute approximate surface area is 162 Å². The van der Waals surface area contributed by atoms with Crippen molar-refractivity contribution in [1.82, 2.24) is 9.80 Å². The molecule has 27 heavy (non-hydrogen) atoms. The van der Waals surface area contributed by atoms with E-state index in [1.54, 1.807) is 0 Å². The summed E-state index contributed by atoms with van der Waals surface area (Å²) in [5, 5.41) is 0. The maximum atomic E-state index is 12.9. The van der Waals surface area contributed by atoms with Gasteiger partial charge in [-0.1, -0.05) is 32.0 Å². The van der Waals surface area contributed by atoms with Gasteiger partial charge in [-0.2, -0.15) is 0 Å². The molecule has 1 fully saturated rings. The molecular weight excluding hydrogens is 340 g/mol. The molecule has 2 aliphatic rings. The first-order valence-electron chi connectivity index (χ1n) is 10.1. The van der Waals surface area contributed by atoms with Gasteiger partial charge < -0.3 is 15.5 Å². The molecule has 0 bridgehead atoms. The number of carbonyl (C=O) groups is 2. The largest absolute Gasteiger partial charge is 0.339 e. The van der Waals surface area contributed by atoms with Gasteiger partial charge in [0.1, 0.15) is 0 Å². The number of aryl methyl sites for hydroxylation is 1. The molecule has 0 aromatic heterocycles. The van der Waals surface area contributed by atoms with Crippen molar-refractivity contribution in [2.75, 3.05) is 44.2 Å². The Balaban J connectivity index is 1.51. The molecule has 2 amide bonds. The van der Waals surface area contributed by atoms with E-state index in [4.69, 9.17) is 5.73 Å². The van der Waals surface area contributed by atoms with E-state index in [0.29, 0.717) is 32.0 Å². The van der Waals surface area contributed by atoms with E-state index in [2.05, 4.69) is 24.8 Å². The molecule has 0 radical (unpaired) electrons. The minimum atomic E-state index is -0.414. The van der Waals surface area contributed by atoms with Gasteiger partial charge in [-0.3, -0.25) is 14.5 Å². The predicted molar refractivity (Wildman–Crippen MR) is 108 cm³/mol. The van der Waals surface area contributed by atoms with E-state index < -0.39 is 6.04 Å². The van der Waals surface area contributed by atoms with Crippen molar-refractivity contribution < 1.29 is 9.59 Å². The Morgan fingerprint density at radius 2 is 1.78 bits per heavy atom. The number of para-hydroxylation sites is 1. The summed E-state index contributed by atoms with van der Waals surface area (Å²) in [4.78, 5) is 31.2. The van der Waals surface area contributed by atoms with Crippen LogP contribution in [0.15, 0.2) is 24.3 Å². The number of nitrogens with zero attached hydrogens (tertiary/aromatic N) is 3. The highest BCUT2D eigenvalue weighted by Gasteiger charge is 2.28. The lowest BCUT2D eigenvalue weighted by molar-refractivity contribution is -0.134. The number of rotatable bonds is 5. The highest BCUT2D eigenvalue weighted by Crippen LogP contribution is 2.26.